The minimum absolute atomic E-state index is 0.242. The van der Waals surface area contributed by atoms with E-state index < -0.39 is 0 Å². The van der Waals surface area contributed by atoms with Gasteiger partial charge in [0.15, 0.2) is 5.82 Å². The topological polar surface area (TPSA) is 68.2 Å². The first-order valence-electron chi connectivity index (χ1n) is 6.71. The van der Waals surface area contributed by atoms with E-state index in [1.165, 1.54) is 0 Å². The zero-order valence-corrected chi connectivity index (χ0v) is 12.5. The van der Waals surface area contributed by atoms with Crippen LogP contribution in [0.15, 0.2) is 34.9 Å². The number of nitrogens with zero attached hydrogens (tertiary/aromatic N) is 3. The predicted molar refractivity (Wildman–Crippen MR) is 78.4 cm³/mol. The Labute approximate surface area is 119 Å². The zero-order valence-electron chi connectivity index (χ0n) is 12.5. The molecular weight excluding hydrogens is 252 g/mol. The monoisotopic (exact) mass is 274 g/mol. The quantitative estimate of drug-likeness (QED) is 0.902. The molecule has 1 atom stereocenters. The molecule has 0 bridgehead atoms. The molecule has 5 heteroatoms. The molecule has 0 amide bonds. The van der Waals surface area contributed by atoms with Crippen molar-refractivity contribution in [2.45, 2.75) is 25.3 Å². The third-order valence-corrected chi connectivity index (χ3v) is 3.37. The van der Waals surface area contributed by atoms with E-state index >= 15 is 0 Å². The Bertz CT molecular complexity index is 548. The van der Waals surface area contributed by atoms with Gasteiger partial charge in [0.2, 0.25) is 5.89 Å². The minimum atomic E-state index is -0.329. The lowest BCUT2D eigenvalue weighted by Gasteiger charge is -2.20. The molecular formula is C15H22N4O. The molecule has 1 aromatic carbocycles. The first kappa shape index (κ1) is 14.7. The Balaban J connectivity index is 2.24. The van der Waals surface area contributed by atoms with Gasteiger partial charge in [-0.25, -0.2) is 0 Å². The highest BCUT2D eigenvalue weighted by Gasteiger charge is 2.30. The number of likely N-dealkylation sites (N-methyl/N-ethyl adjacent to an activating group) is 1. The Morgan fingerprint density at radius 3 is 2.50 bits per heavy atom. The van der Waals surface area contributed by atoms with Gasteiger partial charge >= 0.3 is 0 Å². The van der Waals surface area contributed by atoms with Crippen molar-refractivity contribution in [1.29, 1.82) is 0 Å². The summed E-state index contributed by atoms with van der Waals surface area (Å²) in [7, 11) is 3.93. The van der Waals surface area contributed by atoms with Gasteiger partial charge < -0.3 is 15.2 Å². The molecule has 0 saturated carbocycles. The van der Waals surface area contributed by atoms with Crippen LogP contribution in [0.3, 0.4) is 0 Å². The average Bonchev–Trinajstić information content (AvgIpc) is 2.89. The van der Waals surface area contributed by atoms with Crippen molar-refractivity contribution in [1.82, 2.24) is 15.0 Å². The van der Waals surface area contributed by atoms with Gasteiger partial charge in [0.25, 0.3) is 0 Å². The van der Waals surface area contributed by atoms with E-state index in [9.17, 15) is 0 Å². The van der Waals surface area contributed by atoms with E-state index in [2.05, 4.69) is 36.1 Å². The standard InChI is InChI=1S/C15H22N4O/c1-15(2,11-8-6-5-7-9-11)14-17-13(18-20-14)12(16)10-19(3)4/h5-9,12H,10,16H2,1-4H3. The molecule has 2 rings (SSSR count). The Morgan fingerprint density at radius 2 is 1.90 bits per heavy atom. The molecule has 0 aliphatic carbocycles. The second-order valence-electron chi connectivity index (χ2n) is 5.82. The smallest absolute Gasteiger partial charge is 0.236 e. The van der Waals surface area contributed by atoms with Crippen LogP contribution in [0.1, 0.15) is 37.2 Å². The Kier molecular flexibility index (Phi) is 4.20. The van der Waals surface area contributed by atoms with Crippen LogP contribution < -0.4 is 5.73 Å². The van der Waals surface area contributed by atoms with Crippen molar-refractivity contribution in [2.75, 3.05) is 20.6 Å². The van der Waals surface area contributed by atoms with Gasteiger partial charge in [-0.3, -0.25) is 0 Å². The fourth-order valence-electron chi connectivity index (χ4n) is 2.09. The molecule has 0 radical (unpaired) electrons. The van der Waals surface area contributed by atoms with E-state index in [-0.39, 0.29) is 11.5 Å². The molecule has 1 heterocycles. The van der Waals surface area contributed by atoms with Crippen LogP contribution in [-0.2, 0) is 5.41 Å². The summed E-state index contributed by atoms with van der Waals surface area (Å²) in [5, 5.41) is 4.02. The molecule has 2 N–H and O–H groups in total. The van der Waals surface area contributed by atoms with Crippen LogP contribution >= 0.6 is 0 Å². The van der Waals surface area contributed by atoms with Gasteiger partial charge in [0, 0.05) is 6.54 Å². The molecule has 5 nitrogen and oxygen atoms in total. The maximum absolute atomic E-state index is 6.06. The van der Waals surface area contributed by atoms with Crippen molar-refractivity contribution in [2.24, 2.45) is 5.73 Å². The highest BCUT2D eigenvalue weighted by molar-refractivity contribution is 5.29. The summed E-state index contributed by atoms with van der Waals surface area (Å²) in [6.45, 7) is 4.82. The van der Waals surface area contributed by atoms with Crippen molar-refractivity contribution in [3.63, 3.8) is 0 Å². The number of hydrogen-bond acceptors (Lipinski definition) is 5. The summed E-state index contributed by atoms with van der Waals surface area (Å²) < 4.78 is 5.43. The van der Waals surface area contributed by atoms with Crippen LogP contribution in [0.5, 0.6) is 0 Å². The van der Waals surface area contributed by atoms with Gasteiger partial charge in [-0.15, -0.1) is 0 Å². The maximum atomic E-state index is 6.06. The first-order valence-corrected chi connectivity index (χ1v) is 6.71. The van der Waals surface area contributed by atoms with E-state index in [4.69, 9.17) is 10.3 Å². The zero-order chi connectivity index (χ0) is 14.8. The molecule has 20 heavy (non-hydrogen) atoms. The molecule has 0 spiro atoms. The van der Waals surface area contributed by atoms with Crippen molar-refractivity contribution < 1.29 is 4.52 Å². The highest BCUT2D eigenvalue weighted by Crippen LogP contribution is 2.30. The first-order chi connectivity index (χ1) is 9.41. The second kappa shape index (κ2) is 5.73. The van der Waals surface area contributed by atoms with Gasteiger partial charge in [0.1, 0.15) is 0 Å². The molecule has 1 aromatic heterocycles. The third kappa shape index (κ3) is 3.05. The van der Waals surface area contributed by atoms with Crippen LogP contribution in [-0.4, -0.2) is 35.7 Å². The SMILES string of the molecule is CN(C)CC(N)c1noc(C(C)(C)c2ccccc2)n1. The highest BCUT2D eigenvalue weighted by atomic mass is 16.5. The number of benzene rings is 1. The third-order valence-electron chi connectivity index (χ3n) is 3.37. The molecule has 0 fully saturated rings. The van der Waals surface area contributed by atoms with Gasteiger partial charge in [-0.05, 0) is 33.5 Å². The molecule has 0 saturated heterocycles. The van der Waals surface area contributed by atoms with Gasteiger partial charge in [-0.1, -0.05) is 35.5 Å². The molecule has 2 aromatic rings. The molecule has 108 valence electrons. The predicted octanol–water partition coefficient (Wildman–Crippen LogP) is 1.96. The lowest BCUT2D eigenvalue weighted by atomic mass is 9.84. The molecule has 0 aliphatic rings. The summed E-state index contributed by atoms with van der Waals surface area (Å²) in [6.07, 6.45) is 0. The minimum Gasteiger partial charge on any atom is -0.338 e. The Morgan fingerprint density at radius 1 is 1.25 bits per heavy atom. The van der Waals surface area contributed by atoms with Crippen molar-refractivity contribution >= 4 is 0 Å². The van der Waals surface area contributed by atoms with Crippen molar-refractivity contribution in [3.05, 3.63) is 47.6 Å². The summed E-state index contributed by atoms with van der Waals surface area (Å²) in [6, 6.07) is 9.88. The van der Waals surface area contributed by atoms with Crippen LogP contribution in [0.2, 0.25) is 0 Å². The summed E-state index contributed by atoms with van der Waals surface area (Å²) >= 11 is 0. The van der Waals surface area contributed by atoms with E-state index in [0.717, 1.165) is 5.56 Å². The summed E-state index contributed by atoms with van der Waals surface area (Å²) in [4.78, 5) is 6.48. The number of nitrogens with two attached hydrogens (primary N) is 1. The lowest BCUT2D eigenvalue weighted by molar-refractivity contribution is 0.321. The van der Waals surface area contributed by atoms with Crippen LogP contribution in [0.4, 0.5) is 0 Å². The van der Waals surface area contributed by atoms with E-state index in [1.807, 2.05) is 37.2 Å². The van der Waals surface area contributed by atoms with Crippen LogP contribution in [0, 0.1) is 0 Å². The van der Waals surface area contributed by atoms with E-state index in [1.54, 1.807) is 0 Å². The largest absolute Gasteiger partial charge is 0.338 e. The van der Waals surface area contributed by atoms with Gasteiger partial charge in [0.05, 0.1) is 11.5 Å². The fraction of sp³-hybridized carbons (Fsp3) is 0.467. The fourth-order valence-corrected chi connectivity index (χ4v) is 2.09. The lowest BCUT2D eigenvalue weighted by Crippen LogP contribution is -2.27. The second-order valence-corrected chi connectivity index (χ2v) is 5.82. The number of aromatic nitrogens is 2. The summed E-state index contributed by atoms with van der Waals surface area (Å²) in [5.41, 5.74) is 6.87. The molecule has 0 aliphatic heterocycles. The average molecular weight is 274 g/mol. The van der Waals surface area contributed by atoms with Crippen LogP contribution in [0.25, 0.3) is 0 Å². The number of rotatable bonds is 5. The summed E-state index contributed by atoms with van der Waals surface area (Å²) in [5.74, 6) is 1.14. The van der Waals surface area contributed by atoms with Gasteiger partial charge in [-0.2, -0.15) is 4.98 Å². The maximum Gasteiger partial charge on any atom is 0.236 e. The van der Waals surface area contributed by atoms with E-state index in [0.29, 0.717) is 18.3 Å². The number of hydrogen-bond donors (Lipinski definition) is 1. The molecule has 1 unspecified atom stereocenters. The Hall–Kier alpha value is -1.72. The van der Waals surface area contributed by atoms with Crippen molar-refractivity contribution in [3.8, 4) is 0 Å². The normalized spacial score (nSPS) is 13.7.